The highest BCUT2D eigenvalue weighted by molar-refractivity contribution is 5.96. The second-order valence-electron chi connectivity index (χ2n) is 9.31. The molecule has 2 heterocycles. The average molecular weight is 501 g/mol. The number of ether oxygens (including phenoxy) is 2. The molecular weight excluding hydrogens is 468 g/mol. The smallest absolute Gasteiger partial charge is 0.336 e. The van der Waals surface area contributed by atoms with E-state index in [2.05, 4.69) is 14.8 Å². The molecule has 0 aliphatic heterocycles. The molecule has 2 aromatic heterocycles. The highest BCUT2D eigenvalue weighted by Crippen LogP contribution is 2.38. The third-order valence-electron chi connectivity index (χ3n) is 6.93. The molecule has 1 aliphatic carbocycles. The summed E-state index contributed by atoms with van der Waals surface area (Å²) in [6.07, 6.45) is 5.84. The number of carboxylic acids is 1. The molecule has 1 aliphatic rings. The highest BCUT2D eigenvalue weighted by Gasteiger charge is 2.27. The van der Waals surface area contributed by atoms with Gasteiger partial charge in [0.2, 0.25) is 0 Å². The number of benzene rings is 2. The third-order valence-corrected chi connectivity index (χ3v) is 6.93. The topological polar surface area (TPSA) is 99.4 Å². The lowest BCUT2D eigenvalue weighted by molar-refractivity contribution is 0.0697. The molecule has 0 bridgehead atoms. The molecule has 1 N–H and O–H groups in total. The van der Waals surface area contributed by atoms with Crippen LogP contribution in [0.4, 0.5) is 0 Å². The Hall–Kier alpha value is -3.94. The Morgan fingerprint density at radius 2 is 1.62 bits per heavy atom. The summed E-state index contributed by atoms with van der Waals surface area (Å²) >= 11 is 0. The van der Waals surface area contributed by atoms with Crippen LogP contribution in [0, 0.1) is 0 Å². The molecular formula is C29H32N4O4. The predicted molar refractivity (Wildman–Crippen MR) is 141 cm³/mol. The molecule has 2 aromatic carbocycles. The maximum Gasteiger partial charge on any atom is 0.336 e. The van der Waals surface area contributed by atoms with Gasteiger partial charge in [0.05, 0.1) is 18.8 Å². The summed E-state index contributed by atoms with van der Waals surface area (Å²) in [7, 11) is 0. The molecule has 5 rings (SSSR count). The number of imidazole rings is 1. The number of hydrogen-bond donors (Lipinski definition) is 1. The van der Waals surface area contributed by atoms with Crippen molar-refractivity contribution in [1.29, 1.82) is 0 Å². The second kappa shape index (κ2) is 11.0. The van der Waals surface area contributed by atoms with Gasteiger partial charge in [0.25, 0.3) is 11.8 Å². The zero-order chi connectivity index (χ0) is 25.8. The van der Waals surface area contributed by atoms with Crippen molar-refractivity contribution in [3.8, 4) is 22.9 Å². The average Bonchev–Trinajstić information content (AvgIpc) is 3.31. The van der Waals surface area contributed by atoms with E-state index in [0.29, 0.717) is 54.1 Å². The van der Waals surface area contributed by atoms with Gasteiger partial charge >= 0.3 is 5.97 Å². The van der Waals surface area contributed by atoms with Crippen LogP contribution in [0.25, 0.3) is 22.2 Å². The Bertz CT molecular complexity index is 1390. The van der Waals surface area contributed by atoms with Crippen LogP contribution in [0.15, 0.2) is 48.5 Å². The first-order chi connectivity index (χ1) is 18.1. The molecule has 8 nitrogen and oxygen atoms in total. The molecule has 1 saturated carbocycles. The van der Waals surface area contributed by atoms with E-state index in [1.165, 1.54) is 19.3 Å². The molecule has 0 atom stereocenters. The molecule has 0 saturated heterocycles. The number of aromatic nitrogens is 4. The Morgan fingerprint density at radius 1 is 0.946 bits per heavy atom. The summed E-state index contributed by atoms with van der Waals surface area (Å²) in [5.41, 5.74) is 4.43. The minimum Gasteiger partial charge on any atom is -0.478 e. The second-order valence-corrected chi connectivity index (χ2v) is 9.31. The van der Waals surface area contributed by atoms with Crippen LogP contribution < -0.4 is 9.47 Å². The zero-order valence-electron chi connectivity index (χ0n) is 21.3. The molecule has 0 unspecified atom stereocenters. The number of aromatic carboxylic acids is 1. The van der Waals surface area contributed by atoms with E-state index in [1.54, 1.807) is 12.1 Å². The summed E-state index contributed by atoms with van der Waals surface area (Å²) in [6, 6.07) is 15.1. The van der Waals surface area contributed by atoms with Crippen LogP contribution in [0.1, 0.15) is 73.6 Å². The fourth-order valence-corrected chi connectivity index (χ4v) is 5.22. The molecule has 1 fully saturated rings. The first kappa shape index (κ1) is 24.7. The molecule has 0 radical (unpaired) electrons. The van der Waals surface area contributed by atoms with Crippen molar-refractivity contribution in [2.45, 2.75) is 58.4 Å². The van der Waals surface area contributed by atoms with E-state index in [9.17, 15) is 9.90 Å². The van der Waals surface area contributed by atoms with Crippen molar-refractivity contribution < 1.29 is 19.4 Å². The molecule has 0 spiro atoms. The quantitative estimate of drug-likeness (QED) is 0.297. The van der Waals surface area contributed by atoms with Crippen LogP contribution in [-0.2, 0) is 6.54 Å². The van der Waals surface area contributed by atoms with Gasteiger partial charge in [-0.3, -0.25) is 0 Å². The summed E-state index contributed by atoms with van der Waals surface area (Å²) in [5.74, 6) is 1.33. The monoisotopic (exact) mass is 500 g/mol. The van der Waals surface area contributed by atoms with Gasteiger partial charge in [-0.2, -0.15) is 0 Å². The van der Waals surface area contributed by atoms with Gasteiger partial charge in [0, 0.05) is 12.5 Å². The van der Waals surface area contributed by atoms with Crippen molar-refractivity contribution in [1.82, 2.24) is 19.7 Å². The van der Waals surface area contributed by atoms with Gasteiger partial charge in [0.1, 0.15) is 11.3 Å². The van der Waals surface area contributed by atoms with Gasteiger partial charge in [-0.05, 0) is 49.4 Å². The summed E-state index contributed by atoms with van der Waals surface area (Å²) in [5, 5.41) is 18.2. The van der Waals surface area contributed by atoms with Crippen LogP contribution >= 0.6 is 0 Å². The fraction of sp³-hybridized carbons (Fsp3) is 0.379. The normalized spacial score (nSPS) is 14.1. The summed E-state index contributed by atoms with van der Waals surface area (Å²) in [6.45, 7) is 5.38. The third kappa shape index (κ3) is 5.01. The Kier molecular flexibility index (Phi) is 7.35. The van der Waals surface area contributed by atoms with Crippen molar-refractivity contribution in [2.24, 2.45) is 0 Å². The van der Waals surface area contributed by atoms with Gasteiger partial charge in [-0.15, -0.1) is 10.2 Å². The number of carboxylic acid groups (broad SMARTS) is 1. The van der Waals surface area contributed by atoms with Crippen LogP contribution in [-0.4, -0.2) is 44.0 Å². The lowest BCUT2D eigenvalue weighted by Crippen LogP contribution is -2.13. The lowest BCUT2D eigenvalue weighted by Gasteiger charge is -2.22. The minimum atomic E-state index is -0.934. The predicted octanol–water partition coefficient (Wildman–Crippen LogP) is 6.08. The first-order valence-electron chi connectivity index (χ1n) is 13.0. The molecule has 37 heavy (non-hydrogen) atoms. The zero-order valence-corrected chi connectivity index (χ0v) is 21.3. The molecule has 4 aromatic rings. The van der Waals surface area contributed by atoms with E-state index < -0.39 is 5.97 Å². The van der Waals surface area contributed by atoms with Crippen molar-refractivity contribution in [2.75, 3.05) is 13.2 Å². The number of fused-ring (bicyclic) bond motifs is 1. The van der Waals surface area contributed by atoms with Gasteiger partial charge in [-0.25, -0.2) is 9.78 Å². The van der Waals surface area contributed by atoms with Gasteiger partial charge < -0.3 is 19.1 Å². The van der Waals surface area contributed by atoms with Gasteiger partial charge in [0.15, 0.2) is 5.52 Å². The first-order valence-corrected chi connectivity index (χ1v) is 13.0. The largest absolute Gasteiger partial charge is 0.478 e. The van der Waals surface area contributed by atoms with E-state index in [1.807, 2.05) is 50.2 Å². The fourth-order valence-electron chi connectivity index (χ4n) is 5.22. The minimum absolute atomic E-state index is 0.291. The standard InChI is InChI=1S/C29H32N4O4/c1-3-36-27-24-25(28(32-31-27)37-4-2)33(26(30-24)21-10-6-5-7-11-21)18-19-14-16-20(17-15-19)22-12-8-9-13-23(22)29(34)35/h8-9,12-17,21H,3-7,10-11,18H2,1-2H3,(H,34,35). The van der Waals surface area contributed by atoms with E-state index in [4.69, 9.17) is 14.5 Å². The van der Waals surface area contributed by atoms with Crippen molar-refractivity contribution >= 4 is 17.0 Å². The molecule has 0 amide bonds. The van der Waals surface area contributed by atoms with Gasteiger partial charge in [-0.1, -0.05) is 61.7 Å². The number of carbonyl (C=O) groups is 1. The van der Waals surface area contributed by atoms with Crippen LogP contribution in [0.5, 0.6) is 11.8 Å². The Balaban J connectivity index is 1.58. The summed E-state index contributed by atoms with van der Waals surface area (Å²) in [4.78, 5) is 16.8. The lowest BCUT2D eigenvalue weighted by atomic mass is 9.88. The maximum absolute atomic E-state index is 11.7. The SMILES string of the molecule is CCOc1nnc(OCC)c2c1nc(C1CCCCC1)n2Cc1ccc(-c2ccccc2C(=O)O)cc1. The van der Waals surface area contributed by atoms with Crippen molar-refractivity contribution in [3.05, 3.63) is 65.5 Å². The number of hydrogen-bond acceptors (Lipinski definition) is 6. The Labute approximate surface area is 216 Å². The van der Waals surface area contributed by atoms with Crippen LogP contribution in [0.3, 0.4) is 0 Å². The van der Waals surface area contributed by atoms with Crippen LogP contribution in [0.2, 0.25) is 0 Å². The van der Waals surface area contributed by atoms with Crippen molar-refractivity contribution in [3.63, 3.8) is 0 Å². The molecule has 8 heteroatoms. The Morgan fingerprint density at radius 3 is 2.32 bits per heavy atom. The van der Waals surface area contributed by atoms with E-state index in [0.717, 1.165) is 35.3 Å². The number of nitrogens with zero attached hydrogens (tertiary/aromatic N) is 4. The molecule has 192 valence electrons. The highest BCUT2D eigenvalue weighted by atomic mass is 16.5. The summed E-state index contributed by atoms with van der Waals surface area (Å²) < 4.78 is 13.9. The number of rotatable bonds is 9. The van der Waals surface area contributed by atoms with E-state index >= 15 is 0 Å². The van der Waals surface area contributed by atoms with E-state index in [-0.39, 0.29) is 0 Å². The maximum atomic E-state index is 11.7.